The Labute approximate surface area is 610 Å². The molecule has 0 unspecified atom stereocenters. The van der Waals surface area contributed by atoms with Crippen LogP contribution in [0.2, 0.25) is 0 Å². The van der Waals surface area contributed by atoms with Gasteiger partial charge in [-0.25, -0.2) is 0 Å². The van der Waals surface area contributed by atoms with Crippen molar-refractivity contribution >= 4 is 157 Å². The zero-order valence-corrected chi connectivity index (χ0v) is 61.2. The number of benzene rings is 11. The molecule has 17 rings (SSSR count). The second-order valence-electron chi connectivity index (χ2n) is 22.9. The summed E-state index contributed by atoms with van der Waals surface area (Å²) in [4.78, 5) is 32.5. The molecule has 0 aliphatic carbocycles. The van der Waals surface area contributed by atoms with Gasteiger partial charge < -0.3 is 47.4 Å². The van der Waals surface area contributed by atoms with E-state index in [1.165, 1.54) is 150 Å². The van der Waals surface area contributed by atoms with Crippen molar-refractivity contribution in [3.63, 3.8) is 0 Å². The van der Waals surface area contributed by atoms with Crippen molar-refractivity contribution in [1.29, 1.82) is 0 Å². The van der Waals surface area contributed by atoms with Crippen molar-refractivity contribution in [2.24, 2.45) is 0 Å². The SMILES string of the molecule is C1CCOC1.CC1(C)c2ccccc2-n2c3ccccc3c3c2c1cc1c2ccccc2n(-c2ccccc2)c13.CS(=O)(=O)O.Cc1ccccc1-n1c2ccccc2c2c1ccc1c3ccccc3n(-c3ccccc3)c12.Cc1ccccc1Br.O=C=O.O=C=O.[2H]CC.[B].[Br-].[CH3-].[Mg+2]. The molecule has 0 saturated carbocycles. The summed E-state index contributed by atoms with van der Waals surface area (Å²) in [7, 11) is -3.67. The van der Waals surface area contributed by atoms with E-state index in [0.29, 0.717) is 13.2 Å². The molecule has 2 aliphatic heterocycles. The Morgan fingerprint density at radius 3 is 1.31 bits per heavy atom. The Kier molecular flexibility index (Phi) is 27.3. The number of aryl methyl sites for hydroxylation is 2. The summed E-state index contributed by atoms with van der Waals surface area (Å²) in [5, 5.41) is 10.4. The Bertz CT molecular complexity index is 5380. The molecule has 491 valence electrons. The first-order valence-corrected chi connectivity index (χ1v) is 33.4. The molecule has 6 heterocycles. The van der Waals surface area contributed by atoms with Gasteiger partial charge in [-0.05, 0) is 128 Å². The van der Waals surface area contributed by atoms with Gasteiger partial charge in [-0.2, -0.15) is 27.6 Å². The van der Waals surface area contributed by atoms with E-state index in [0.717, 1.165) is 13.2 Å². The maximum atomic E-state index is 9.19. The summed E-state index contributed by atoms with van der Waals surface area (Å²) in [6, 6.07) is 89.6. The van der Waals surface area contributed by atoms with E-state index in [2.05, 4.69) is 292 Å². The summed E-state index contributed by atoms with van der Waals surface area (Å²) in [5.41, 5.74) is 20.2. The Balaban J connectivity index is 0.000000222. The van der Waals surface area contributed by atoms with Crippen molar-refractivity contribution < 1.29 is 55.2 Å². The summed E-state index contributed by atoms with van der Waals surface area (Å²) in [5.74, 6) is 0. The second-order valence-corrected chi connectivity index (χ2v) is 25.2. The smallest absolute Gasteiger partial charge is 1.00 e. The van der Waals surface area contributed by atoms with E-state index in [1.807, 2.05) is 18.2 Å². The molecule has 11 aromatic carbocycles. The normalized spacial score (nSPS) is 12.0. The molecule has 98 heavy (non-hydrogen) atoms. The average Bonchev–Trinajstić information content (AvgIpc) is 1.54. The van der Waals surface area contributed by atoms with Gasteiger partial charge in [-0.3, -0.25) is 4.55 Å². The van der Waals surface area contributed by atoms with Crippen LogP contribution in [-0.4, -0.2) is 94.5 Å². The van der Waals surface area contributed by atoms with Crippen LogP contribution in [0.5, 0.6) is 0 Å². The monoisotopic (exact) mass is 1460 g/mol. The minimum atomic E-state index is -3.67. The largest absolute Gasteiger partial charge is 2.00 e. The molecule has 12 nitrogen and oxygen atoms in total. The van der Waals surface area contributed by atoms with Gasteiger partial charge in [0.15, 0.2) is 0 Å². The summed E-state index contributed by atoms with van der Waals surface area (Å²) in [6.45, 7) is 13.3. The summed E-state index contributed by atoms with van der Waals surface area (Å²) < 4.78 is 48.0. The van der Waals surface area contributed by atoms with Crippen molar-refractivity contribution in [3.05, 3.63) is 283 Å². The van der Waals surface area contributed by atoms with Crippen LogP contribution in [0.4, 0.5) is 0 Å². The molecule has 0 spiro atoms. The van der Waals surface area contributed by atoms with Crippen molar-refractivity contribution in [1.82, 2.24) is 18.3 Å². The van der Waals surface area contributed by atoms with Crippen LogP contribution in [0.15, 0.2) is 253 Å². The number of hydrogen-bond acceptors (Lipinski definition) is 7. The average molecular weight is 1460 g/mol. The van der Waals surface area contributed by atoms with Crippen LogP contribution >= 0.6 is 15.9 Å². The first-order chi connectivity index (χ1) is 46.0. The fraction of sp³-hybridized carbons (Fsp3) is 0.148. The second kappa shape index (κ2) is 35.0. The first kappa shape index (κ1) is 76.4. The topological polar surface area (TPSA) is 152 Å². The van der Waals surface area contributed by atoms with Gasteiger partial charge in [0, 0.05) is 93.0 Å². The number of carbonyl (C=O) groups excluding carboxylic acids is 4. The third-order valence-electron chi connectivity index (χ3n) is 16.8. The zero-order chi connectivity index (χ0) is 67.4. The number of aromatic nitrogens is 4. The van der Waals surface area contributed by atoms with E-state index < -0.39 is 10.1 Å². The quantitative estimate of drug-likeness (QED) is 0.104. The van der Waals surface area contributed by atoms with Crippen molar-refractivity contribution in [2.75, 3.05) is 19.5 Å². The van der Waals surface area contributed by atoms with Gasteiger partial charge >= 0.3 is 35.4 Å². The molecule has 0 amide bonds. The molecule has 15 aromatic rings. The van der Waals surface area contributed by atoms with Crippen LogP contribution in [0.3, 0.4) is 0 Å². The van der Waals surface area contributed by atoms with E-state index in [-0.39, 0.29) is 73.6 Å². The zero-order valence-electron chi connectivity index (χ0n) is 56.7. The van der Waals surface area contributed by atoms with Gasteiger partial charge in [0.05, 0.1) is 56.1 Å². The van der Waals surface area contributed by atoms with E-state index in [1.54, 1.807) is 6.92 Å². The number of hydrogen-bond donors (Lipinski definition) is 1. The van der Waals surface area contributed by atoms with Crippen LogP contribution < -0.4 is 17.0 Å². The molecule has 4 aromatic heterocycles. The number of para-hydroxylation sites is 8. The van der Waals surface area contributed by atoms with Gasteiger partial charge in [0.2, 0.25) is 0 Å². The maximum Gasteiger partial charge on any atom is 2.00 e. The molecule has 1 saturated heterocycles. The van der Waals surface area contributed by atoms with Gasteiger partial charge in [0.25, 0.3) is 10.1 Å². The minimum Gasteiger partial charge on any atom is -1.00 e. The van der Waals surface area contributed by atoms with Gasteiger partial charge in [-0.15, -0.1) is 0 Å². The molecule has 1 N–H and O–H groups in total. The van der Waals surface area contributed by atoms with E-state index in [4.69, 9.17) is 29.8 Å². The number of rotatable bonds is 3. The Morgan fingerprint density at radius 1 is 0.469 bits per heavy atom. The molecule has 1 fully saturated rings. The van der Waals surface area contributed by atoms with E-state index in [9.17, 15) is 8.42 Å². The van der Waals surface area contributed by atoms with Crippen LogP contribution in [0, 0.1) is 21.3 Å². The fourth-order valence-electron chi connectivity index (χ4n) is 13.0. The molecule has 0 atom stereocenters. The molecule has 3 radical (unpaired) electrons. The third kappa shape index (κ3) is 15.8. The standard InChI is InChI=1S/C33H24N2.C31H22N2.C7H7Br.C4H8O.C2H6.CH4O3S.2CO2.CH3.B.BrH.Mg/c1-33(2)25-16-8-11-19-29(25)35-28-18-10-7-15-23(28)30-31-24(20-26(33)32(30)35)22-14-6-9-17-27(22)34(31)21-12-4-3-5-13-21;1-21-11-5-8-16-26(21)33-28-18-10-7-15-25(28)30-29(33)20-19-24-23-14-6-9-17-27(23)32(31(24)30)22-12-3-2-4-13-22;1-6-4-2-3-5-7(6)8;1-2-4-5-3-1;1-2;1-5(2,3)4;2*2-1-3;;;;/h3-20H,1-2H3;2-20H,1H3;2-5H,1H3;1-4H2;1-2H3;1H3,(H,2,3,4);;;1H3;;1H;/q;;;;;;;;-1;;;+2/p-1/i;;;;1D;;;;;;;. The van der Waals surface area contributed by atoms with Gasteiger partial charge in [-0.1, -0.05) is 213 Å². The van der Waals surface area contributed by atoms with E-state index >= 15 is 0 Å². The summed E-state index contributed by atoms with van der Waals surface area (Å²) >= 11 is 3.40. The third-order valence-corrected chi connectivity index (χ3v) is 17.7. The van der Waals surface area contributed by atoms with Crippen LogP contribution in [-0.2, 0) is 39.4 Å². The van der Waals surface area contributed by atoms with Crippen molar-refractivity contribution in [2.45, 2.75) is 59.8 Å². The van der Waals surface area contributed by atoms with Gasteiger partial charge in [0.1, 0.15) is 0 Å². The number of ether oxygens (including phenoxy) is 1. The fourth-order valence-corrected chi connectivity index (χ4v) is 13.3. The Morgan fingerprint density at radius 2 is 0.847 bits per heavy atom. The predicted molar refractivity (Wildman–Crippen MR) is 403 cm³/mol. The first-order valence-electron chi connectivity index (χ1n) is 31.5. The predicted octanol–water partition coefficient (Wildman–Crippen LogP) is 16.3. The van der Waals surface area contributed by atoms with Crippen LogP contribution in [0.25, 0.3) is 110 Å². The molecular formula is C81H74BBr2MgN4O8S. The molecular weight excluding hydrogens is 1380 g/mol. The summed E-state index contributed by atoms with van der Waals surface area (Å²) in [6.07, 6.45) is 3.77. The molecule has 0 bridgehead atoms. The maximum absolute atomic E-state index is 9.19. The van der Waals surface area contributed by atoms with Crippen molar-refractivity contribution in [3.8, 4) is 22.7 Å². The Hall–Kier alpha value is -8.96. The van der Waals surface area contributed by atoms with Crippen LogP contribution in [0.1, 0.15) is 64.1 Å². The molecule has 17 heteroatoms. The number of fused-ring (bicyclic) bond motifs is 16. The minimum absolute atomic E-state index is 0. The number of nitrogens with zero attached hydrogens (tertiary/aromatic N) is 4. The number of halogens is 2. The molecule has 2 aliphatic rings.